The summed E-state index contributed by atoms with van der Waals surface area (Å²) in [5, 5.41) is 16.3. The molecule has 7 nitrogen and oxygen atoms in total. The lowest BCUT2D eigenvalue weighted by atomic mass is 10.00. The average molecular weight is 438 g/mol. The summed E-state index contributed by atoms with van der Waals surface area (Å²) in [6, 6.07) is 15.6. The molecule has 4 rings (SSSR count). The number of rotatable bonds is 8. The van der Waals surface area contributed by atoms with Crippen molar-refractivity contribution in [3.63, 3.8) is 0 Å². The standard InChI is InChI=1S/C25H31N3O4/c1-18-6-5-9-20(15-29)23(18)27-21-10-12-28(13-11-21)24(22-16-31-17-32-22)25(30)26-14-19-7-3-2-4-8-19/h2-9,16,21,24,27,29H,10-15,17H2,1H3,(H,26,30). The number of carbonyl (C=O) groups excluding carboxylic acids is 1. The third-order valence-electron chi connectivity index (χ3n) is 6.09. The second-order valence-corrected chi connectivity index (χ2v) is 8.28. The van der Waals surface area contributed by atoms with Gasteiger partial charge < -0.3 is 25.2 Å². The van der Waals surface area contributed by atoms with Crippen molar-refractivity contribution in [3.8, 4) is 0 Å². The number of benzene rings is 2. The maximum Gasteiger partial charge on any atom is 0.245 e. The number of anilines is 1. The maximum atomic E-state index is 13.1. The molecule has 3 N–H and O–H groups in total. The van der Waals surface area contributed by atoms with Gasteiger partial charge in [-0.2, -0.15) is 0 Å². The summed E-state index contributed by atoms with van der Waals surface area (Å²) in [4.78, 5) is 15.3. The van der Waals surface area contributed by atoms with Gasteiger partial charge in [-0.25, -0.2) is 0 Å². The Morgan fingerprint density at radius 2 is 1.94 bits per heavy atom. The molecular weight excluding hydrogens is 406 g/mol. The number of hydrogen-bond acceptors (Lipinski definition) is 6. The summed E-state index contributed by atoms with van der Waals surface area (Å²) in [7, 11) is 0. The van der Waals surface area contributed by atoms with E-state index in [1.807, 2.05) is 55.5 Å². The Morgan fingerprint density at radius 1 is 1.16 bits per heavy atom. The van der Waals surface area contributed by atoms with Gasteiger partial charge in [0.25, 0.3) is 0 Å². The summed E-state index contributed by atoms with van der Waals surface area (Å²) in [6.45, 7) is 4.18. The Kier molecular flexibility index (Phi) is 7.29. The van der Waals surface area contributed by atoms with Crippen molar-refractivity contribution in [2.24, 2.45) is 0 Å². The number of hydrogen-bond donors (Lipinski definition) is 3. The first-order chi connectivity index (χ1) is 15.7. The van der Waals surface area contributed by atoms with Crippen molar-refractivity contribution in [1.29, 1.82) is 0 Å². The molecule has 1 saturated heterocycles. The van der Waals surface area contributed by atoms with E-state index in [1.165, 1.54) is 0 Å². The predicted octanol–water partition coefficient (Wildman–Crippen LogP) is 2.89. The van der Waals surface area contributed by atoms with Crippen LogP contribution in [0.4, 0.5) is 5.69 Å². The minimum atomic E-state index is -0.506. The zero-order valence-corrected chi connectivity index (χ0v) is 18.4. The van der Waals surface area contributed by atoms with Crippen LogP contribution in [-0.4, -0.2) is 47.9 Å². The first-order valence-electron chi connectivity index (χ1n) is 11.1. The molecule has 2 heterocycles. The highest BCUT2D eigenvalue weighted by atomic mass is 16.7. The molecule has 0 aliphatic carbocycles. The highest BCUT2D eigenvalue weighted by molar-refractivity contribution is 5.84. The number of nitrogens with zero attached hydrogens (tertiary/aromatic N) is 1. The van der Waals surface area contributed by atoms with Gasteiger partial charge in [-0.15, -0.1) is 0 Å². The molecule has 0 aromatic heterocycles. The fourth-order valence-corrected chi connectivity index (χ4v) is 4.33. The molecule has 2 aromatic rings. The van der Waals surface area contributed by atoms with Crippen molar-refractivity contribution in [2.45, 2.75) is 45.0 Å². The molecule has 1 atom stereocenters. The molecule has 1 amide bonds. The van der Waals surface area contributed by atoms with E-state index in [0.29, 0.717) is 12.3 Å². The summed E-state index contributed by atoms with van der Waals surface area (Å²) in [5.74, 6) is 0.474. The normalized spacial score (nSPS) is 17.8. The van der Waals surface area contributed by atoms with Crippen LogP contribution < -0.4 is 10.6 Å². The van der Waals surface area contributed by atoms with Crippen LogP contribution in [0.1, 0.15) is 29.5 Å². The Hall–Kier alpha value is -3.03. The predicted molar refractivity (Wildman–Crippen MR) is 123 cm³/mol. The number of amides is 1. The summed E-state index contributed by atoms with van der Waals surface area (Å²) in [6.07, 6.45) is 3.32. The molecule has 2 aromatic carbocycles. The first-order valence-corrected chi connectivity index (χ1v) is 11.1. The summed E-state index contributed by atoms with van der Waals surface area (Å²) in [5.41, 5.74) is 4.10. The topological polar surface area (TPSA) is 83.1 Å². The number of likely N-dealkylation sites (tertiary alicyclic amines) is 1. The lowest BCUT2D eigenvalue weighted by Crippen LogP contribution is -2.52. The number of para-hydroxylation sites is 1. The van der Waals surface area contributed by atoms with Crippen molar-refractivity contribution < 1.29 is 19.4 Å². The minimum absolute atomic E-state index is 0.0119. The maximum absolute atomic E-state index is 13.1. The van der Waals surface area contributed by atoms with E-state index in [1.54, 1.807) is 6.26 Å². The van der Waals surface area contributed by atoms with Gasteiger partial charge in [-0.1, -0.05) is 48.5 Å². The lowest BCUT2D eigenvalue weighted by Gasteiger charge is -2.37. The molecule has 32 heavy (non-hydrogen) atoms. The number of aliphatic hydroxyl groups excluding tert-OH is 1. The van der Waals surface area contributed by atoms with E-state index >= 15 is 0 Å². The number of aryl methyl sites for hydroxylation is 1. The molecule has 0 saturated carbocycles. The summed E-state index contributed by atoms with van der Waals surface area (Å²) < 4.78 is 10.9. The van der Waals surface area contributed by atoms with E-state index in [-0.39, 0.29) is 25.3 Å². The molecule has 1 fully saturated rings. The van der Waals surface area contributed by atoms with Crippen LogP contribution in [0.2, 0.25) is 0 Å². The molecule has 0 bridgehead atoms. The van der Waals surface area contributed by atoms with E-state index < -0.39 is 6.04 Å². The zero-order chi connectivity index (χ0) is 22.3. The van der Waals surface area contributed by atoms with Gasteiger partial charge in [0.05, 0.1) is 6.61 Å². The van der Waals surface area contributed by atoms with Crippen LogP contribution in [0.3, 0.4) is 0 Å². The van der Waals surface area contributed by atoms with E-state index in [2.05, 4.69) is 15.5 Å². The third-order valence-corrected chi connectivity index (χ3v) is 6.09. The summed E-state index contributed by atoms with van der Waals surface area (Å²) >= 11 is 0. The van der Waals surface area contributed by atoms with E-state index in [9.17, 15) is 9.90 Å². The third kappa shape index (κ3) is 5.23. The van der Waals surface area contributed by atoms with Crippen LogP contribution in [0.15, 0.2) is 60.6 Å². The van der Waals surface area contributed by atoms with Crippen LogP contribution in [-0.2, 0) is 27.4 Å². The molecular formula is C25H31N3O4. The zero-order valence-electron chi connectivity index (χ0n) is 18.4. The molecule has 2 aliphatic rings. The first kappa shape index (κ1) is 22.2. The fraction of sp³-hybridized carbons (Fsp3) is 0.400. The van der Waals surface area contributed by atoms with Gasteiger partial charge in [0, 0.05) is 36.9 Å². The van der Waals surface area contributed by atoms with Crippen molar-refractivity contribution in [2.75, 3.05) is 25.2 Å². The lowest BCUT2D eigenvalue weighted by molar-refractivity contribution is -0.127. The Bertz CT molecular complexity index is 939. The van der Waals surface area contributed by atoms with Gasteiger partial charge in [-0.05, 0) is 30.9 Å². The molecule has 0 spiro atoms. The Morgan fingerprint density at radius 3 is 2.62 bits per heavy atom. The Labute approximate surface area is 189 Å². The molecule has 170 valence electrons. The number of ether oxygens (including phenoxy) is 2. The number of aliphatic hydroxyl groups is 1. The number of nitrogens with one attached hydrogen (secondary N) is 2. The number of piperidine rings is 1. The average Bonchev–Trinajstić information content (AvgIpc) is 3.35. The molecule has 7 heteroatoms. The minimum Gasteiger partial charge on any atom is -0.462 e. The highest BCUT2D eigenvalue weighted by Gasteiger charge is 2.35. The Balaban J connectivity index is 1.39. The van der Waals surface area contributed by atoms with Crippen molar-refractivity contribution >= 4 is 11.6 Å². The monoisotopic (exact) mass is 437 g/mol. The van der Waals surface area contributed by atoms with Gasteiger partial charge in [0.15, 0.2) is 11.8 Å². The van der Waals surface area contributed by atoms with Gasteiger partial charge in [0.2, 0.25) is 12.7 Å². The van der Waals surface area contributed by atoms with Crippen LogP contribution in [0.5, 0.6) is 0 Å². The largest absolute Gasteiger partial charge is 0.462 e. The van der Waals surface area contributed by atoms with Gasteiger partial charge >= 0.3 is 0 Å². The fourth-order valence-electron chi connectivity index (χ4n) is 4.33. The van der Waals surface area contributed by atoms with Gasteiger partial charge in [0.1, 0.15) is 6.26 Å². The second-order valence-electron chi connectivity index (χ2n) is 8.28. The molecule has 2 aliphatic heterocycles. The van der Waals surface area contributed by atoms with Crippen LogP contribution >= 0.6 is 0 Å². The van der Waals surface area contributed by atoms with Crippen molar-refractivity contribution in [1.82, 2.24) is 10.2 Å². The SMILES string of the molecule is Cc1cccc(CO)c1NC1CCN(C(C(=O)NCc2ccccc2)C2=COCO2)CC1. The highest BCUT2D eigenvalue weighted by Crippen LogP contribution is 2.26. The van der Waals surface area contributed by atoms with E-state index in [4.69, 9.17) is 9.47 Å². The second kappa shape index (κ2) is 10.5. The van der Waals surface area contributed by atoms with Gasteiger partial charge in [-0.3, -0.25) is 9.69 Å². The van der Waals surface area contributed by atoms with Crippen LogP contribution in [0.25, 0.3) is 0 Å². The quantitative estimate of drug-likeness (QED) is 0.589. The smallest absolute Gasteiger partial charge is 0.245 e. The molecule has 1 unspecified atom stereocenters. The van der Waals surface area contributed by atoms with Crippen LogP contribution in [0, 0.1) is 6.92 Å². The number of carbonyl (C=O) groups is 1. The molecule has 0 radical (unpaired) electrons. The van der Waals surface area contributed by atoms with Crippen molar-refractivity contribution in [3.05, 3.63) is 77.2 Å². The van der Waals surface area contributed by atoms with E-state index in [0.717, 1.165) is 48.3 Å².